The van der Waals surface area contributed by atoms with Crippen molar-refractivity contribution < 1.29 is 18.3 Å². The normalized spacial score (nSPS) is 16.4. The van der Waals surface area contributed by atoms with Crippen LogP contribution in [0.25, 0.3) is 10.8 Å². The summed E-state index contributed by atoms with van der Waals surface area (Å²) >= 11 is 0. The minimum atomic E-state index is -0.670. The van der Waals surface area contributed by atoms with E-state index in [9.17, 15) is 8.78 Å². The second kappa shape index (κ2) is 7.12. The number of aliphatic imine (C=N–C) groups is 1. The molecule has 1 aliphatic rings. The molecule has 4 rings (SSSR count). The molecule has 3 nitrogen and oxygen atoms in total. The van der Waals surface area contributed by atoms with Crippen LogP contribution in [0.4, 0.5) is 8.78 Å². The molecule has 0 N–H and O–H groups in total. The summed E-state index contributed by atoms with van der Waals surface area (Å²) < 4.78 is 38.8. The molecule has 0 fully saturated rings. The molecule has 0 aromatic heterocycles. The highest BCUT2D eigenvalue weighted by Crippen LogP contribution is 2.22. The molecular weight excluding hydrogens is 336 g/mol. The van der Waals surface area contributed by atoms with E-state index in [1.807, 2.05) is 42.5 Å². The Morgan fingerprint density at radius 2 is 1.73 bits per heavy atom. The molecule has 3 aromatic carbocycles. The fraction of sp³-hybridized carbons (Fsp3) is 0.190. The zero-order chi connectivity index (χ0) is 17.9. The molecule has 3 aromatic rings. The number of ether oxygens (including phenoxy) is 2. The van der Waals surface area contributed by atoms with Crippen molar-refractivity contribution in [3.8, 4) is 5.75 Å². The Labute approximate surface area is 149 Å². The van der Waals surface area contributed by atoms with E-state index in [4.69, 9.17) is 9.47 Å². The number of halogens is 2. The van der Waals surface area contributed by atoms with Crippen molar-refractivity contribution in [1.29, 1.82) is 0 Å². The highest BCUT2D eigenvalue weighted by atomic mass is 19.1. The van der Waals surface area contributed by atoms with Gasteiger partial charge in [0.25, 0.3) is 0 Å². The molecule has 0 radical (unpaired) electrons. The standard InChI is InChI=1S/C21H17F2NO2/c22-18-6-3-7-19(23)20(18)21-24-16(13-26-21)10-11-25-17-9-8-14-4-1-2-5-15(14)12-17/h1-9,12,16H,10-11,13H2. The molecule has 26 heavy (non-hydrogen) atoms. The summed E-state index contributed by atoms with van der Waals surface area (Å²) in [6.45, 7) is 0.743. The summed E-state index contributed by atoms with van der Waals surface area (Å²) in [7, 11) is 0. The van der Waals surface area contributed by atoms with Gasteiger partial charge in [0.05, 0.1) is 12.6 Å². The van der Waals surface area contributed by atoms with Gasteiger partial charge in [-0.3, -0.25) is 0 Å². The molecule has 0 aliphatic carbocycles. The Morgan fingerprint density at radius 3 is 2.54 bits per heavy atom. The van der Waals surface area contributed by atoms with Crippen LogP contribution in [0, 0.1) is 11.6 Å². The Balaban J connectivity index is 1.38. The van der Waals surface area contributed by atoms with Crippen LogP contribution in [0.2, 0.25) is 0 Å². The van der Waals surface area contributed by atoms with Crippen molar-refractivity contribution in [3.63, 3.8) is 0 Å². The lowest BCUT2D eigenvalue weighted by molar-refractivity contribution is 0.265. The highest BCUT2D eigenvalue weighted by Gasteiger charge is 2.24. The van der Waals surface area contributed by atoms with E-state index in [0.717, 1.165) is 16.5 Å². The average Bonchev–Trinajstić information content (AvgIpc) is 3.10. The predicted molar refractivity (Wildman–Crippen MR) is 96.7 cm³/mol. The van der Waals surface area contributed by atoms with Gasteiger partial charge in [-0.25, -0.2) is 13.8 Å². The topological polar surface area (TPSA) is 30.8 Å². The smallest absolute Gasteiger partial charge is 0.222 e. The van der Waals surface area contributed by atoms with E-state index < -0.39 is 11.6 Å². The number of benzene rings is 3. The summed E-state index contributed by atoms with van der Waals surface area (Å²) in [6.07, 6.45) is 0.604. The van der Waals surface area contributed by atoms with Gasteiger partial charge in [0.2, 0.25) is 5.90 Å². The molecule has 5 heteroatoms. The third-order valence-corrected chi connectivity index (χ3v) is 4.33. The first-order valence-corrected chi connectivity index (χ1v) is 8.47. The van der Waals surface area contributed by atoms with Crippen LogP contribution in [0.5, 0.6) is 5.75 Å². The molecular formula is C21H17F2NO2. The maximum absolute atomic E-state index is 13.8. The van der Waals surface area contributed by atoms with Gasteiger partial charge in [0.15, 0.2) is 0 Å². The van der Waals surface area contributed by atoms with Crippen LogP contribution >= 0.6 is 0 Å². The Morgan fingerprint density at radius 1 is 0.962 bits per heavy atom. The number of nitrogens with zero attached hydrogens (tertiary/aromatic N) is 1. The second-order valence-corrected chi connectivity index (χ2v) is 6.14. The third kappa shape index (κ3) is 3.38. The van der Waals surface area contributed by atoms with Crippen molar-refractivity contribution in [2.45, 2.75) is 12.5 Å². The lowest BCUT2D eigenvalue weighted by atomic mass is 10.1. The SMILES string of the molecule is Fc1cccc(F)c1C1=NC(CCOc2ccc3ccccc3c2)CO1. The minimum Gasteiger partial charge on any atom is -0.493 e. The molecule has 0 saturated carbocycles. The van der Waals surface area contributed by atoms with Gasteiger partial charge in [-0.05, 0) is 35.0 Å². The van der Waals surface area contributed by atoms with Crippen LogP contribution in [0.1, 0.15) is 12.0 Å². The van der Waals surface area contributed by atoms with E-state index in [0.29, 0.717) is 19.6 Å². The van der Waals surface area contributed by atoms with Gasteiger partial charge in [-0.15, -0.1) is 0 Å². The molecule has 1 aliphatic heterocycles. The van der Waals surface area contributed by atoms with Crippen molar-refractivity contribution in [2.24, 2.45) is 4.99 Å². The van der Waals surface area contributed by atoms with Crippen molar-refractivity contribution >= 4 is 16.7 Å². The number of hydrogen-bond acceptors (Lipinski definition) is 3. The first-order valence-electron chi connectivity index (χ1n) is 8.47. The number of fused-ring (bicyclic) bond motifs is 1. The van der Waals surface area contributed by atoms with Gasteiger partial charge < -0.3 is 9.47 Å². The largest absolute Gasteiger partial charge is 0.493 e. The van der Waals surface area contributed by atoms with E-state index in [1.165, 1.54) is 18.2 Å². The molecule has 0 bridgehead atoms. The summed E-state index contributed by atoms with van der Waals surface area (Å²) in [5, 5.41) is 2.27. The zero-order valence-corrected chi connectivity index (χ0v) is 14.0. The van der Waals surface area contributed by atoms with Crippen LogP contribution < -0.4 is 4.74 Å². The first-order chi connectivity index (χ1) is 12.7. The van der Waals surface area contributed by atoms with E-state index in [-0.39, 0.29) is 17.5 Å². The Bertz CT molecular complexity index is 951. The molecule has 0 amide bonds. The maximum Gasteiger partial charge on any atom is 0.222 e. The molecule has 0 saturated heterocycles. The second-order valence-electron chi connectivity index (χ2n) is 6.14. The molecule has 1 heterocycles. The summed E-state index contributed by atoms with van der Waals surface area (Å²) in [6, 6.07) is 17.5. The van der Waals surface area contributed by atoms with Crippen LogP contribution in [-0.2, 0) is 4.74 Å². The summed E-state index contributed by atoms with van der Waals surface area (Å²) in [5.41, 5.74) is -0.203. The first kappa shape index (κ1) is 16.5. The maximum atomic E-state index is 13.8. The van der Waals surface area contributed by atoms with Gasteiger partial charge >= 0.3 is 0 Å². The summed E-state index contributed by atoms with van der Waals surface area (Å²) in [5.74, 6) is -0.531. The Kier molecular flexibility index (Phi) is 4.52. The average molecular weight is 353 g/mol. The van der Waals surface area contributed by atoms with Crippen LogP contribution in [-0.4, -0.2) is 25.2 Å². The zero-order valence-electron chi connectivity index (χ0n) is 14.0. The van der Waals surface area contributed by atoms with E-state index in [2.05, 4.69) is 4.99 Å². The quantitative estimate of drug-likeness (QED) is 0.664. The molecule has 132 valence electrons. The number of rotatable bonds is 5. The molecule has 1 unspecified atom stereocenters. The minimum absolute atomic E-state index is 0.0244. The van der Waals surface area contributed by atoms with E-state index >= 15 is 0 Å². The van der Waals surface area contributed by atoms with Gasteiger partial charge in [0.1, 0.15) is 29.6 Å². The lowest BCUT2D eigenvalue weighted by Crippen LogP contribution is -2.11. The lowest BCUT2D eigenvalue weighted by Gasteiger charge is -2.09. The van der Waals surface area contributed by atoms with Crippen molar-refractivity contribution in [3.05, 3.63) is 77.9 Å². The van der Waals surface area contributed by atoms with Crippen molar-refractivity contribution in [2.75, 3.05) is 13.2 Å². The third-order valence-electron chi connectivity index (χ3n) is 4.33. The van der Waals surface area contributed by atoms with Gasteiger partial charge in [0, 0.05) is 6.42 Å². The summed E-state index contributed by atoms with van der Waals surface area (Å²) in [4.78, 5) is 4.30. The van der Waals surface area contributed by atoms with Gasteiger partial charge in [-0.1, -0.05) is 36.4 Å². The fourth-order valence-corrected chi connectivity index (χ4v) is 2.97. The van der Waals surface area contributed by atoms with Crippen LogP contribution in [0.3, 0.4) is 0 Å². The van der Waals surface area contributed by atoms with Crippen molar-refractivity contribution in [1.82, 2.24) is 0 Å². The predicted octanol–water partition coefficient (Wildman–Crippen LogP) is 4.73. The molecule has 1 atom stereocenters. The Hall–Kier alpha value is -2.95. The molecule has 0 spiro atoms. The van der Waals surface area contributed by atoms with E-state index in [1.54, 1.807) is 0 Å². The fourth-order valence-electron chi connectivity index (χ4n) is 2.97. The number of hydrogen-bond donors (Lipinski definition) is 0. The highest BCUT2D eigenvalue weighted by molar-refractivity contribution is 5.95. The van der Waals surface area contributed by atoms with Gasteiger partial charge in [-0.2, -0.15) is 0 Å². The van der Waals surface area contributed by atoms with Crippen LogP contribution in [0.15, 0.2) is 65.7 Å². The monoisotopic (exact) mass is 353 g/mol.